The smallest absolute Gasteiger partial charge is 0.195 e. The first-order valence-corrected chi connectivity index (χ1v) is 8.11. The molecule has 2 heterocycles. The highest BCUT2D eigenvalue weighted by Crippen LogP contribution is 2.33. The van der Waals surface area contributed by atoms with Gasteiger partial charge < -0.3 is 10.6 Å². The lowest BCUT2D eigenvalue weighted by atomic mass is 10.2. The van der Waals surface area contributed by atoms with Crippen LogP contribution in [0, 0.1) is 5.92 Å². The molecule has 2 N–H and O–H groups in total. The third kappa shape index (κ3) is 2.62. The third-order valence-electron chi connectivity index (χ3n) is 3.69. The van der Waals surface area contributed by atoms with Gasteiger partial charge in [-0.05, 0) is 31.7 Å². The topological polar surface area (TPSA) is 46.6 Å². The SMILES string of the molecule is CCCN(CC1CC1)c1nc2sccn2c1CCN. The number of rotatable bonds is 7. The van der Waals surface area contributed by atoms with E-state index in [-0.39, 0.29) is 0 Å². The van der Waals surface area contributed by atoms with E-state index in [2.05, 4.69) is 27.8 Å². The van der Waals surface area contributed by atoms with Gasteiger partial charge in [-0.25, -0.2) is 4.98 Å². The predicted molar refractivity (Wildman–Crippen MR) is 81.1 cm³/mol. The molecule has 5 heteroatoms. The molecular weight excluding hydrogens is 256 g/mol. The van der Waals surface area contributed by atoms with E-state index in [0.717, 1.165) is 30.4 Å². The predicted octanol–water partition coefficient (Wildman–Crippen LogP) is 2.52. The number of nitrogens with two attached hydrogens (primary N) is 1. The summed E-state index contributed by atoms with van der Waals surface area (Å²) in [6.45, 7) is 5.18. The second kappa shape index (κ2) is 5.51. The molecule has 1 aliphatic rings. The number of hydrogen-bond acceptors (Lipinski definition) is 4. The van der Waals surface area contributed by atoms with Gasteiger partial charge in [0.25, 0.3) is 0 Å². The summed E-state index contributed by atoms with van der Waals surface area (Å²) in [7, 11) is 0. The zero-order valence-electron chi connectivity index (χ0n) is 11.5. The molecule has 19 heavy (non-hydrogen) atoms. The van der Waals surface area contributed by atoms with E-state index in [9.17, 15) is 0 Å². The second-order valence-corrected chi connectivity index (χ2v) is 6.24. The lowest BCUT2D eigenvalue weighted by Crippen LogP contribution is -2.28. The third-order valence-corrected chi connectivity index (χ3v) is 4.45. The zero-order chi connectivity index (χ0) is 13.2. The normalized spacial score (nSPS) is 15.3. The molecule has 0 amide bonds. The second-order valence-electron chi connectivity index (χ2n) is 5.37. The van der Waals surface area contributed by atoms with Crippen LogP contribution < -0.4 is 10.6 Å². The molecule has 1 aliphatic carbocycles. The maximum absolute atomic E-state index is 5.78. The molecule has 0 aromatic carbocycles. The standard InChI is InChI=1S/C14H22N4S/c1-2-7-17(10-11-3-4-11)13-12(5-6-15)18-8-9-19-14(18)16-13/h8-9,11H,2-7,10,15H2,1H3. The molecule has 0 radical (unpaired) electrons. The Morgan fingerprint density at radius 1 is 1.53 bits per heavy atom. The van der Waals surface area contributed by atoms with Gasteiger partial charge in [0, 0.05) is 31.1 Å². The molecule has 1 fully saturated rings. The van der Waals surface area contributed by atoms with Gasteiger partial charge in [-0.15, -0.1) is 11.3 Å². The molecule has 0 aliphatic heterocycles. The van der Waals surface area contributed by atoms with Crippen LogP contribution in [0.5, 0.6) is 0 Å². The van der Waals surface area contributed by atoms with Crippen molar-refractivity contribution in [3.8, 4) is 0 Å². The van der Waals surface area contributed by atoms with Crippen molar-refractivity contribution in [2.75, 3.05) is 24.5 Å². The van der Waals surface area contributed by atoms with E-state index >= 15 is 0 Å². The number of imidazole rings is 1. The summed E-state index contributed by atoms with van der Waals surface area (Å²) in [6, 6.07) is 0. The Labute approximate surface area is 118 Å². The van der Waals surface area contributed by atoms with Crippen molar-refractivity contribution in [1.82, 2.24) is 9.38 Å². The first kappa shape index (κ1) is 12.9. The van der Waals surface area contributed by atoms with Crippen molar-refractivity contribution in [2.45, 2.75) is 32.6 Å². The molecule has 3 rings (SSSR count). The van der Waals surface area contributed by atoms with Crippen molar-refractivity contribution >= 4 is 22.1 Å². The maximum atomic E-state index is 5.78. The number of hydrogen-bond donors (Lipinski definition) is 1. The highest BCUT2D eigenvalue weighted by atomic mass is 32.1. The Bertz CT molecular complexity index is 541. The Morgan fingerprint density at radius 2 is 2.37 bits per heavy atom. The van der Waals surface area contributed by atoms with Gasteiger partial charge in [0.05, 0.1) is 5.69 Å². The van der Waals surface area contributed by atoms with Crippen molar-refractivity contribution in [2.24, 2.45) is 11.7 Å². The molecule has 4 nitrogen and oxygen atoms in total. The van der Waals surface area contributed by atoms with Crippen LogP contribution in [0.1, 0.15) is 31.9 Å². The fraction of sp³-hybridized carbons (Fsp3) is 0.643. The maximum Gasteiger partial charge on any atom is 0.195 e. The molecule has 2 aromatic rings. The van der Waals surface area contributed by atoms with Crippen molar-refractivity contribution in [3.05, 3.63) is 17.3 Å². The Balaban J connectivity index is 1.94. The summed E-state index contributed by atoms with van der Waals surface area (Å²) in [5.74, 6) is 2.06. The summed E-state index contributed by atoms with van der Waals surface area (Å²) >= 11 is 1.70. The van der Waals surface area contributed by atoms with Crippen LogP contribution >= 0.6 is 11.3 Å². The molecule has 0 bridgehead atoms. The van der Waals surface area contributed by atoms with Crippen LogP contribution in [0.4, 0.5) is 5.82 Å². The molecule has 1 saturated carbocycles. The lowest BCUT2D eigenvalue weighted by molar-refractivity contribution is 0.695. The zero-order valence-corrected chi connectivity index (χ0v) is 12.3. The highest BCUT2D eigenvalue weighted by molar-refractivity contribution is 7.15. The minimum atomic E-state index is 0.681. The van der Waals surface area contributed by atoms with Gasteiger partial charge in [-0.3, -0.25) is 4.40 Å². The minimum Gasteiger partial charge on any atom is -0.355 e. The minimum absolute atomic E-state index is 0.681. The van der Waals surface area contributed by atoms with Crippen LogP contribution in [-0.2, 0) is 6.42 Å². The van der Waals surface area contributed by atoms with Crippen molar-refractivity contribution in [3.63, 3.8) is 0 Å². The van der Waals surface area contributed by atoms with Gasteiger partial charge in [-0.1, -0.05) is 6.92 Å². The molecule has 0 unspecified atom stereocenters. The van der Waals surface area contributed by atoms with Gasteiger partial charge in [0.2, 0.25) is 0 Å². The lowest BCUT2D eigenvalue weighted by Gasteiger charge is -2.23. The fourth-order valence-corrected chi connectivity index (χ4v) is 3.34. The molecule has 104 valence electrons. The van der Waals surface area contributed by atoms with Gasteiger partial charge >= 0.3 is 0 Å². The summed E-state index contributed by atoms with van der Waals surface area (Å²) in [6.07, 6.45) is 6.95. The Hall–Kier alpha value is -1.07. The molecule has 0 spiro atoms. The van der Waals surface area contributed by atoms with Crippen LogP contribution in [0.3, 0.4) is 0 Å². The average Bonchev–Trinajstić information content (AvgIpc) is 2.99. The number of aromatic nitrogens is 2. The van der Waals surface area contributed by atoms with Crippen LogP contribution in [0.2, 0.25) is 0 Å². The van der Waals surface area contributed by atoms with Crippen LogP contribution in [0.25, 0.3) is 4.96 Å². The highest BCUT2D eigenvalue weighted by Gasteiger charge is 2.27. The fourth-order valence-electron chi connectivity index (χ4n) is 2.61. The van der Waals surface area contributed by atoms with E-state index in [4.69, 9.17) is 10.7 Å². The first-order chi connectivity index (χ1) is 9.33. The number of anilines is 1. The molecule has 0 saturated heterocycles. The van der Waals surface area contributed by atoms with Crippen LogP contribution in [0.15, 0.2) is 11.6 Å². The van der Waals surface area contributed by atoms with Crippen molar-refractivity contribution in [1.29, 1.82) is 0 Å². The quantitative estimate of drug-likeness (QED) is 0.846. The van der Waals surface area contributed by atoms with Gasteiger partial charge in [0.15, 0.2) is 10.8 Å². The van der Waals surface area contributed by atoms with Gasteiger partial charge in [0.1, 0.15) is 0 Å². The van der Waals surface area contributed by atoms with Crippen LogP contribution in [-0.4, -0.2) is 29.0 Å². The number of thiazole rings is 1. The molecule has 0 atom stereocenters. The van der Waals surface area contributed by atoms with E-state index in [1.54, 1.807) is 11.3 Å². The number of fused-ring (bicyclic) bond motifs is 1. The summed E-state index contributed by atoms with van der Waals surface area (Å²) in [5.41, 5.74) is 7.06. The summed E-state index contributed by atoms with van der Waals surface area (Å²) < 4.78 is 2.21. The van der Waals surface area contributed by atoms with Gasteiger partial charge in [-0.2, -0.15) is 0 Å². The van der Waals surface area contributed by atoms with E-state index in [1.807, 2.05) is 0 Å². The van der Waals surface area contributed by atoms with E-state index < -0.39 is 0 Å². The Morgan fingerprint density at radius 3 is 3.05 bits per heavy atom. The summed E-state index contributed by atoms with van der Waals surface area (Å²) in [5, 5.41) is 2.09. The molecule has 2 aromatic heterocycles. The summed E-state index contributed by atoms with van der Waals surface area (Å²) in [4.78, 5) is 8.41. The Kier molecular flexibility index (Phi) is 3.75. The molecular formula is C14H22N4S. The average molecular weight is 278 g/mol. The monoisotopic (exact) mass is 278 g/mol. The first-order valence-electron chi connectivity index (χ1n) is 7.23. The van der Waals surface area contributed by atoms with E-state index in [0.29, 0.717) is 6.54 Å². The van der Waals surface area contributed by atoms with Crippen molar-refractivity contribution < 1.29 is 0 Å². The largest absolute Gasteiger partial charge is 0.355 e. The number of nitrogens with zero attached hydrogens (tertiary/aromatic N) is 3. The van der Waals surface area contributed by atoms with E-state index in [1.165, 1.54) is 30.8 Å².